The second-order valence-corrected chi connectivity index (χ2v) is 8.60. The second-order valence-electron chi connectivity index (χ2n) is 8.60. The number of guanidine groups is 1. The van der Waals surface area contributed by atoms with Crippen LogP contribution < -0.4 is 16.0 Å². The number of anilines is 1. The molecule has 3 amide bonds. The number of nitrogens with zero attached hydrogens (tertiary/aromatic N) is 6. The molecule has 2 aliphatic rings. The summed E-state index contributed by atoms with van der Waals surface area (Å²) >= 11 is 0. The topological polar surface area (TPSA) is 176 Å². The average Bonchev–Trinajstić information content (AvgIpc) is 3.23. The van der Waals surface area contributed by atoms with Crippen LogP contribution in [0.4, 0.5) is 15.1 Å². The fourth-order valence-electron chi connectivity index (χ4n) is 4.07. The molecule has 0 aliphatic carbocycles. The molecule has 0 radical (unpaired) electrons. The van der Waals surface area contributed by atoms with Crippen LogP contribution >= 0.6 is 0 Å². The van der Waals surface area contributed by atoms with Crippen molar-refractivity contribution in [2.75, 3.05) is 31.1 Å². The molecule has 4 N–H and O–H groups in total. The van der Waals surface area contributed by atoms with Crippen molar-refractivity contribution in [3.8, 4) is 11.1 Å². The minimum Gasteiger partial charge on any atom is -0.465 e. The minimum atomic E-state index is -1.35. The van der Waals surface area contributed by atoms with Gasteiger partial charge in [-0.3, -0.25) is 19.8 Å². The van der Waals surface area contributed by atoms with Gasteiger partial charge in [0.05, 0.1) is 18.8 Å². The Bertz CT molecular complexity index is 1240. The highest BCUT2D eigenvalue weighted by Crippen LogP contribution is 2.26. The van der Waals surface area contributed by atoms with Gasteiger partial charge in [0, 0.05) is 67.9 Å². The van der Waals surface area contributed by atoms with E-state index >= 15 is 4.39 Å². The highest BCUT2D eigenvalue weighted by atomic mass is 19.1. The fourth-order valence-corrected chi connectivity index (χ4v) is 4.07. The van der Waals surface area contributed by atoms with Gasteiger partial charge < -0.3 is 20.6 Å². The number of amides is 3. The van der Waals surface area contributed by atoms with Crippen LogP contribution in [0.3, 0.4) is 0 Å². The number of hydrogen-bond acceptors (Lipinski definition) is 9. The first-order chi connectivity index (χ1) is 18.3. The largest absolute Gasteiger partial charge is 0.465 e. The molecule has 2 aromatic rings. The lowest BCUT2D eigenvalue weighted by Gasteiger charge is -2.27. The monoisotopic (exact) mass is 526 g/mol. The highest BCUT2D eigenvalue weighted by Gasteiger charge is 2.28. The van der Waals surface area contributed by atoms with Crippen molar-refractivity contribution in [2.24, 2.45) is 15.9 Å². The van der Waals surface area contributed by atoms with Gasteiger partial charge >= 0.3 is 6.09 Å². The molecule has 38 heavy (non-hydrogen) atoms. The molecule has 14 heteroatoms. The van der Waals surface area contributed by atoms with E-state index in [1.54, 1.807) is 24.5 Å². The number of aromatic nitrogens is 2. The van der Waals surface area contributed by atoms with E-state index in [9.17, 15) is 14.4 Å². The van der Waals surface area contributed by atoms with E-state index in [2.05, 4.69) is 20.1 Å². The number of nitrogens with two attached hydrogens (primary N) is 1. The van der Waals surface area contributed by atoms with E-state index in [0.717, 1.165) is 5.71 Å². The number of carbonyl (C=O) groups excluding carboxylic acids is 2. The van der Waals surface area contributed by atoms with Gasteiger partial charge in [0.15, 0.2) is 5.96 Å². The van der Waals surface area contributed by atoms with Gasteiger partial charge in [0.1, 0.15) is 12.4 Å². The van der Waals surface area contributed by atoms with Crippen molar-refractivity contribution in [2.45, 2.75) is 32.2 Å². The summed E-state index contributed by atoms with van der Waals surface area (Å²) < 4.78 is 15.0. The van der Waals surface area contributed by atoms with Crippen molar-refractivity contribution < 1.29 is 28.7 Å². The first-order valence-electron chi connectivity index (χ1n) is 12.0. The molecule has 13 nitrogen and oxygen atoms in total. The van der Waals surface area contributed by atoms with Gasteiger partial charge in [-0.05, 0) is 0 Å². The average molecular weight is 527 g/mol. The number of halogens is 1. The van der Waals surface area contributed by atoms with Gasteiger partial charge in [0.2, 0.25) is 17.8 Å². The van der Waals surface area contributed by atoms with Gasteiger partial charge in [-0.2, -0.15) is 0 Å². The Morgan fingerprint density at radius 3 is 2.47 bits per heavy atom. The number of oxime groups is 1. The molecule has 0 spiro atoms. The lowest BCUT2D eigenvalue weighted by atomic mass is 10.0. The third-order valence-electron chi connectivity index (χ3n) is 6.06. The Balaban J connectivity index is 1.30. The zero-order valence-electron chi connectivity index (χ0n) is 20.5. The van der Waals surface area contributed by atoms with Crippen LogP contribution in [0.15, 0.2) is 40.7 Å². The maximum Gasteiger partial charge on any atom is 0.411 e. The van der Waals surface area contributed by atoms with Crippen LogP contribution in [0.1, 0.15) is 31.2 Å². The molecule has 0 atom stereocenters. The van der Waals surface area contributed by atoms with Crippen LogP contribution in [0.25, 0.3) is 11.1 Å². The summed E-state index contributed by atoms with van der Waals surface area (Å²) in [4.78, 5) is 55.0. The van der Waals surface area contributed by atoms with Crippen LogP contribution in [0.5, 0.6) is 0 Å². The number of piperidine rings is 1. The molecular formula is C24H27FN8O5. The normalized spacial score (nSPS) is 16.1. The van der Waals surface area contributed by atoms with E-state index < -0.39 is 11.9 Å². The molecule has 200 valence electrons. The number of rotatable bonds is 8. The van der Waals surface area contributed by atoms with Crippen molar-refractivity contribution >= 4 is 35.5 Å². The zero-order chi connectivity index (χ0) is 27.1. The number of likely N-dealkylation sites (tertiary alicyclic amines) is 1. The first kappa shape index (κ1) is 26.4. The number of nitrogens with one attached hydrogen (secondary N) is 1. The Morgan fingerprint density at radius 1 is 1.13 bits per heavy atom. The quantitative estimate of drug-likeness (QED) is 0.151. The van der Waals surface area contributed by atoms with E-state index in [1.165, 1.54) is 11.0 Å². The Morgan fingerprint density at radius 2 is 1.82 bits per heavy atom. The molecule has 1 aromatic heterocycles. The number of imide groups is 1. The lowest BCUT2D eigenvalue weighted by molar-refractivity contribution is -0.139. The van der Waals surface area contributed by atoms with Crippen LogP contribution in [0.2, 0.25) is 0 Å². The third kappa shape index (κ3) is 6.57. The molecule has 4 rings (SSSR count). The molecule has 2 aliphatic heterocycles. The maximum atomic E-state index is 15.0. The predicted molar refractivity (Wildman–Crippen MR) is 135 cm³/mol. The minimum absolute atomic E-state index is 0.138. The van der Waals surface area contributed by atoms with E-state index in [1.807, 2.05) is 10.2 Å². The van der Waals surface area contributed by atoms with Gasteiger partial charge in [-0.25, -0.2) is 24.1 Å². The number of carbonyl (C=O) groups is 3. The van der Waals surface area contributed by atoms with Crippen LogP contribution in [0, 0.1) is 5.82 Å². The standard InChI is InChI=1S/C24H27FN8O5/c25-21-15(12-27-22(26)30-24(36)37)2-1-3-18(21)16-13-28-23(29-14-16)32-8-6-17(7-9-32)31-38-11-10-33-19(34)4-5-20(33)35/h1-3,13-14H,4-12H2,(H,36,37)(H3,26,27,30). The van der Waals surface area contributed by atoms with Crippen molar-refractivity contribution in [3.63, 3.8) is 0 Å². The first-order valence-corrected chi connectivity index (χ1v) is 12.0. The Labute approximate surface area is 217 Å². The van der Waals surface area contributed by atoms with Gasteiger partial charge in [0.25, 0.3) is 0 Å². The van der Waals surface area contributed by atoms with E-state index in [-0.39, 0.29) is 61.4 Å². The Kier molecular flexibility index (Phi) is 8.40. The van der Waals surface area contributed by atoms with Crippen LogP contribution in [-0.2, 0) is 21.0 Å². The summed E-state index contributed by atoms with van der Waals surface area (Å²) in [6.07, 6.45) is 3.53. The maximum absolute atomic E-state index is 15.0. The molecule has 3 heterocycles. The summed E-state index contributed by atoms with van der Waals surface area (Å²) in [7, 11) is 0. The SMILES string of the molecule is NC(=NCc1cccc(-c2cnc(N3CCC(=NOCCN4C(=O)CCC4=O)CC3)nc2)c1F)NC(=O)O. The third-order valence-corrected chi connectivity index (χ3v) is 6.06. The van der Waals surface area contributed by atoms with E-state index in [0.29, 0.717) is 37.4 Å². The molecule has 2 fully saturated rings. The number of hydrogen-bond donors (Lipinski definition) is 3. The number of benzene rings is 1. The zero-order valence-corrected chi connectivity index (χ0v) is 20.5. The molecule has 1 aromatic carbocycles. The van der Waals surface area contributed by atoms with Crippen molar-refractivity contribution in [1.29, 1.82) is 0 Å². The van der Waals surface area contributed by atoms with Crippen LogP contribution in [-0.4, -0.2) is 75.8 Å². The molecule has 0 bridgehead atoms. The number of carboxylic acid groups (broad SMARTS) is 1. The van der Waals surface area contributed by atoms with Crippen molar-refractivity contribution in [1.82, 2.24) is 20.2 Å². The summed E-state index contributed by atoms with van der Waals surface area (Å²) in [6.45, 7) is 1.47. The molecule has 0 saturated carbocycles. The predicted octanol–water partition coefficient (Wildman–Crippen LogP) is 1.49. The smallest absolute Gasteiger partial charge is 0.411 e. The molecule has 0 unspecified atom stereocenters. The number of aliphatic imine (C=N–C) groups is 1. The molecular weight excluding hydrogens is 499 g/mol. The van der Waals surface area contributed by atoms with Gasteiger partial charge in [-0.15, -0.1) is 0 Å². The summed E-state index contributed by atoms with van der Waals surface area (Å²) in [5, 5.41) is 14.7. The summed E-state index contributed by atoms with van der Waals surface area (Å²) in [5.74, 6) is -0.690. The fraction of sp³-hybridized carbons (Fsp3) is 0.375. The van der Waals surface area contributed by atoms with Crippen molar-refractivity contribution in [3.05, 3.63) is 42.0 Å². The Hall–Kier alpha value is -4.62. The summed E-state index contributed by atoms with van der Waals surface area (Å²) in [5.41, 5.74) is 7.34. The molecule has 2 saturated heterocycles. The van der Waals surface area contributed by atoms with E-state index in [4.69, 9.17) is 15.7 Å². The second kappa shape index (κ2) is 12.1. The highest BCUT2D eigenvalue weighted by molar-refractivity contribution is 6.01. The van der Waals surface area contributed by atoms with Gasteiger partial charge in [-0.1, -0.05) is 23.4 Å². The lowest BCUT2D eigenvalue weighted by Crippen LogP contribution is -2.35. The summed E-state index contributed by atoms with van der Waals surface area (Å²) in [6, 6.07) is 4.79.